The first-order valence-electron chi connectivity index (χ1n) is 4.26. The molecule has 0 saturated heterocycles. The Hall–Kier alpha value is -2.03. The van der Waals surface area contributed by atoms with Crippen LogP contribution in [0.3, 0.4) is 0 Å². The van der Waals surface area contributed by atoms with Gasteiger partial charge in [0.15, 0.2) is 0 Å². The number of rotatable bonds is 2. The molecule has 0 radical (unpaired) electrons. The average molecular weight is 186 g/mol. The van der Waals surface area contributed by atoms with Crippen LogP contribution in [0.5, 0.6) is 0 Å². The van der Waals surface area contributed by atoms with E-state index in [4.69, 9.17) is 15.6 Å². The number of amidine groups is 1. The Morgan fingerprint density at radius 2 is 1.86 bits per heavy atom. The molecule has 70 valence electrons. The van der Waals surface area contributed by atoms with E-state index >= 15 is 0 Å². The molecule has 3 heteroatoms. The maximum atomic E-state index is 7.23. The number of nitrogens with two attached hydrogens (primary N) is 1. The summed E-state index contributed by atoms with van der Waals surface area (Å²) in [6.07, 6.45) is 1.63. The van der Waals surface area contributed by atoms with Crippen molar-refractivity contribution in [1.82, 2.24) is 0 Å². The Bertz CT molecular complexity index is 429. The molecule has 0 bridgehead atoms. The summed E-state index contributed by atoms with van der Waals surface area (Å²) in [6.45, 7) is 0. The maximum absolute atomic E-state index is 7.23. The van der Waals surface area contributed by atoms with E-state index in [0.717, 1.165) is 16.9 Å². The highest BCUT2D eigenvalue weighted by atomic mass is 16.3. The summed E-state index contributed by atoms with van der Waals surface area (Å²) in [5.41, 5.74) is 7.05. The van der Waals surface area contributed by atoms with Gasteiger partial charge < -0.3 is 10.2 Å². The van der Waals surface area contributed by atoms with Gasteiger partial charge in [-0.25, -0.2) is 0 Å². The summed E-state index contributed by atoms with van der Waals surface area (Å²) >= 11 is 0. The predicted octanol–water partition coefficient (Wildman–Crippen LogP) is 2.23. The van der Waals surface area contributed by atoms with Crippen molar-refractivity contribution in [3.05, 3.63) is 48.2 Å². The molecule has 0 fully saturated rings. The van der Waals surface area contributed by atoms with Crippen molar-refractivity contribution in [3.63, 3.8) is 0 Å². The van der Waals surface area contributed by atoms with E-state index in [0.29, 0.717) is 0 Å². The smallest absolute Gasteiger partial charge is 0.133 e. The zero-order valence-corrected chi connectivity index (χ0v) is 7.53. The van der Waals surface area contributed by atoms with Crippen molar-refractivity contribution in [2.24, 2.45) is 5.73 Å². The Balaban J connectivity index is 2.36. The SMILES string of the molecule is N=C(N)c1ccc(-c2ccco2)cc1. The van der Waals surface area contributed by atoms with Crippen LogP contribution < -0.4 is 5.73 Å². The molecular weight excluding hydrogens is 176 g/mol. The number of hydrogen-bond donors (Lipinski definition) is 2. The van der Waals surface area contributed by atoms with E-state index in [-0.39, 0.29) is 5.84 Å². The van der Waals surface area contributed by atoms with E-state index < -0.39 is 0 Å². The minimum Gasteiger partial charge on any atom is -0.464 e. The van der Waals surface area contributed by atoms with Crippen molar-refractivity contribution >= 4 is 5.84 Å². The molecule has 2 aromatic rings. The average Bonchev–Trinajstić information content (AvgIpc) is 2.71. The standard InChI is InChI=1S/C11H10N2O/c12-11(13)9-5-3-8(4-6-9)10-2-1-7-14-10/h1-7H,(H3,12,13). The molecule has 0 aliphatic carbocycles. The summed E-state index contributed by atoms with van der Waals surface area (Å²) in [5.74, 6) is 0.899. The molecule has 1 heterocycles. The molecule has 1 aromatic carbocycles. The van der Waals surface area contributed by atoms with Crippen molar-refractivity contribution in [2.45, 2.75) is 0 Å². The zero-order chi connectivity index (χ0) is 9.97. The van der Waals surface area contributed by atoms with Gasteiger partial charge in [0.25, 0.3) is 0 Å². The van der Waals surface area contributed by atoms with Crippen LogP contribution in [0, 0.1) is 5.41 Å². The fourth-order valence-electron chi connectivity index (χ4n) is 1.26. The van der Waals surface area contributed by atoms with Crippen LogP contribution in [0.2, 0.25) is 0 Å². The van der Waals surface area contributed by atoms with Gasteiger partial charge in [-0.1, -0.05) is 24.3 Å². The van der Waals surface area contributed by atoms with Gasteiger partial charge in [-0.05, 0) is 12.1 Å². The van der Waals surface area contributed by atoms with E-state index in [1.165, 1.54) is 0 Å². The molecule has 0 saturated carbocycles. The minimum absolute atomic E-state index is 0.0796. The molecule has 0 spiro atoms. The Kier molecular flexibility index (Phi) is 2.07. The number of benzene rings is 1. The van der Waals surface area contributed by atoms with E-state index in [9.17, 15) is 0 Å². The summed E-state index contributed by atoms with van der Waals surface area (Å²) in [6, 6.07) is 11.1. The highest BCUT2D eigenvalue weighted by molar-refractivity contribution is 5.95. The van der Waals surface area contributed by atoms with Gasteiger partial charge in [-0.2, -0.15) is 0 Å². The van der Waals surface area contributed by atoms with Crippen molar-refractivity contribution in [2.75, 3.05) is 0 Å². The highest BCUT2D eigenvalue weighted by Gasteiger charge is 2.00. The van der Waals surface area contributed by atoms with E-state index in [2.05, 4.69) is 0 Å². The summed E-state index contributed by atoms with van der Waals surface area (Å²) in [7, 11) is 0. The lowest BCUT2D eigenvalue weighted by atomic mass is 10.1. The molecule has 14 heavy (non-hydrogen) atoms. The molecule has 3 N–H and O–H groups in total. The lowest BCUT2D eigenvalue weighted by Crippen LogP contribution is -2.10. The lowest BCUT2D eigenvalue weighted by molar-refractivity contribution is 0.582. The largest absolute Gasteiger partial charge is 0.464 e. The van der Waals surface area contributed by atoms with E-state index in [1.807, 2.05) is 24.3 Å². The topological polar surface area (TPSA) is 63.0 Å². The number of nitrogens with one attached hydrogen (secondary N) is 1. The van der Waals surface area contributed by atoms with Gasteiger partial charge >= 0.3 is 0 Å². The van der Waals surface area contributed by atoms with Crippen LogP contribution in [-0.2, 0) is 0 Å². The Morgan fingerprint density at radius 3 is 2.36 bits per heavy atom. The number of nitrogen functional groups attached to an aromatic ring is 1. The van der Waals surface area contributed by atoms with Gasteiger partial charge in [0, 0.05) is 11.1 Å². The third-order valence-corrected chi connectivity index (χ3v) is 2.00. The summed E-state index contributed by atoms with van der Waals surface area (Å²) < 4.78 is 5.23. The third-order valence-electron chi connectivity index (χ3n) is 2.00. The second-order valence-corrected chi connectivity index (χ2v) is 2.97. The fraction of sp³-hybridized carbons (Fsp3) is 0. The van der Waals surface area contributed by atoms with Crippen LogP contribution in [0.15, 0.2) is 47.1 Å². The zero-order valence-electron chi connectivity index (χ0n) is 7.53. The van der Waals surface area contributed by atoms with Crippen LogP contribution in [0.4, 0.5) is 0 Å². The number of hydrogen-bond acceptors (Lipinski definition) is 2. The lowest BCUT2D eigenvalue weighted by Gasteiger charge is -1.99. The van der Waals surface area contributed by atoms with Crippen LogP contribution >= 0.6 is 0 Å². The Morgan fingerprint density at radius 1 is 1.14 bits per heavy atom. The first-order valence-corrected chi connectivity index (χ1v) is 4.26. The maximum Gasteiger partial charge on any atom is 0.133 e. The van der Waals surface area contributed by atoms with Crippen molar-refractivity contribution < 1.29 is 4.42 Å². The third kappa shape index (κ3) is 1.52. The van der Waals surface area contributed by atoms with Crippen LogP contribution in [-0.4, -0.2) is 5.84 Å². The van der Waals surface area contributed by atoms with Gasteiger partial charge in [-0.15, -0.1) is 0 Å². The molecular formula is C11H10N2O. The second kappa shape index (κ2) is 3.38. The fourth-order valence-corrected chi connectivity index (χ4v) is 1.26. The molecule has 0 unspecified atom stereocenters. The Labute approximate surface area is 81.7 Å². The highest BCUT2D eigenvalue weighted by Crippen LogP contribution is 2.19. The van der Waals surface area contributed by atoms with Crippen molar-refractivity contribution in [1.29, 1.82) is 5.41 Å². The first kappa shape index (κ1) is 8.56. The van der Waals surface area contributed by atoms with Crippen molar-refractivity contribution in [3.8, 4) is 11.3 Å². The van der Waals surface area contributed by atoms with Gasteiger partial charge in [0.05, 0.1) is 6.26 Å². The predicted molar refractivity (Wildman–Crippen MR) is 55.2 cm³/mol. The monoisotopic (exact) mass is 186 g/mol. The molecule has 0 atom stereocenters. The normalized spacial score (nSPS) is 10.0. The van der Waals surface area contributed by atoms with Crippen LogP contribution in [0.1, 0.15) is 5.56 Å². The van der Waals surface area contributed by atoms with Gasteiger partial charge in [-0.3, -0.25) is 5.41 Å². The molecule has 0 amide bonds. The molecule has 1 aromatic heterocycles. The summed E-state index contributed by atoms with van der Waals surface area (Å²) in [4.78, 5) is 0. The van der Waals surface area contributed by atoms with Gasteiger partial charge in [0.1, 0.15) is 11.6 Å². The molecule has 0 aliphatic rings. The van der Waals surface area contributed by atoms with Gasteiger partial charge in [0.2, 0.25) is 0 Å². The molecule has 0 aliphatic heterocycles. The minimum atomic E-state index is 0.0796. The quantitative estimate of drug-likeness (QED) is 0.558. The van der Waals surface area contributed by atoms with Crippen LogP contribution in [0.25, 0.3) is 11.3 Å². The van der Waals surface area contributed by atoms with E-state index in [1.54, 1.807) is 18.4 Å². The number of furan rings is 1. The molecule has 3 nitrogen and oxygen atoms in total. The summed E-state index contributed by atoms with van der Waals surface area (Å²) in [5, 5.41) is 7.23. The second-order valence-electron chi connectivity index (χ2n) is 2.97. The first-order chi connectivity index (χ1) is 6.77. The molecule has 2 rings (SSSR count).